The van der Waals surface area contributed by atoms with Gasteiger partial charge in [0.2, 0.25) is 0 Å². The van der Waals surface area contributed by atoms with Gasteiger partial charge >= 0.3 is 0 Å². The fraction of sp³-hybridized carbons (Fsp3) is 0. The SMILES string of the molecule is N#Cc1ccc(-c2cccc(C(N=Cc3c4ccccc4cc4c3ccc3ccccc34)=NC(=N)c3ccc(-c4ccccc4)cc3)c2)cc1. The molecule has 8 rings (SSSR count). The zero-order chi connectivity index (χ0) is 33.9. The number of amidine groups is 2. The van der Waals surface area contributed by atoms with Crippen LogP contribution in [0.1, 0.15) is 22.3 Å². The molecule has 50 heavy (non-hydrogen) atoms. The molecular formula is C46H30N4. The smallest absolute Gasteiger partial charge is 0.161 e. The van der Waals surface area contributed by atoms with Crippen LogP contribution in [0.15, 0.2) is 180 Å². The molecule has 0 bridgehead atoms. The van der Waals surface area contributed by atoms with Crippen molar-refractivity contribution in [3.05, 3.63) is 192 Å². The Morgan fingerprint density at radius 3 is 1.92 bits per heavy atom. The third-order valence-electron chi connectivity index (χ3n) is 9.08. The average molecular weight is 639 g/mol. The maximum Gasteiger partial charge on any atom is 0.161 e. The molecular weight excluding hydrogens is 609 g/mol. The molecule has 0 atom stereocenters. The van der Waals surface area contributed by atoms with Crippen LogP contribution in [-0.2, 0) is 0 Å². The second-order valence-corrected chi connectivity index (χ2v) is 12.1. The number of rotatable bonds is 5. The van der Waals surface area contributed by atoms with Crippen molar-refractivity contribution >= 4 is 50.2 Å². The van der Waals surface area contributed by atoms with Gasteiger partial charge in [0.05, 0.1) is 11.6 Å². The number of benzene rings is 8. The van der Waals surface area contributed by atoms with Crippen molar-refractivity contribution in [2.75, 3.05) is 0 Å². The number of hydrogen-bond donors (Lipinski definition) is 1. The van der Waals surface area contributed by atoms with Gasteiger partial charge in [-0.25, -0.2) is 9.98 Å². The van der Waals surface area contributed by atoms with E-state index in [-0.39, 0.29) is 5.84 Å². The van der Waals surface area contributed by atoms with Crippen LogP contribution in [0.3, 0.4) is 0 Å². The van der Waals surface area contributed by atoms with Crippen molar-refractivity contribution in [1.82, 2.24) is 0 Å². The second kappa shape index (κ2) is 13.3. The summed E-state index contributed by atoms with van der Waals surface area (Å²) in [6.45, 7) is 0. The lowest BCUT2D eigenvalue weighted by atomic mass is 9.94. The van der Waals surface area contributed by atoms with Crippen LogP contribution in [-0.4, -0.2) is 17.9 Å². The molecule has 1 N–H and O–H groups in total. The minimum absolute atomic E-state index is 0.120. The van der Waals surface area contributed by atoms with E-state index in [1.54, 1.807) is 0 Å². The topological polar surface area (TPSA) is 72.4 Å². The fourth-order valence-electron chi connectivity index (χ4n) is 6.48. The molecule has 8 aromatic rings. The summed E-state index contributed by atoms with van der Waals surface area (Å²) in [5, 5.41) is 25.3. The van der Waals surface area contributed by atoms with Crippen molar-refractivity contribution in [3.8, 4) is 28.3 Å². The first-order chi connectivity index (χ1) is 24.6. The van der Waals surface area contributed by atoms with Gasteiger partial charge in [-0.15, -0.1) is 0 Å². The minimum atomic E-state index is 0.120. The van der Waals surface area contributed by atoms with E-state index in [4.69, 9.17) is 15.4 Å². The van der Waals surface area contributed by atoms with E-state index in [0.29, 0.717) is 17.0 Å². The Morgan fingerprint density at radius 1 is 0.500 bits per heavy atom. The van der Waals surface area contributed by atoms with Crippen LogP contribution in [0, 0.1) is 16.7 Å². The Balaban J connectivity index is 1.26. The normalized spacial score (nSPS) is 11.7. The highest BCUT2D eigenvalue weighted by molar-refractivity contribution is 6.22. The number of nitriles is 1. The standard InChI is InChI=1S/C46H30N4/c47-29-31-17-19-34(20-18-31)37-13-8-14-39(27-37)46(50-45(48)36-23-21-33(22-24-36)32-9-2-1-3-10-32)49-30-44-41-16-7-5-12-38(41)28-43-40-15-6-4-11-35(40)25-26-42(43)44/h1-28,30,48H. The van der Waals surface area contributed by atoms with Crippen LogP contribution in [0.4, 0.5) is 0 Å². The summed E-state index contributed by atoms with van der Waals surface area (Å²) >= 11 is 0. The van der Waals surface area contributed by atoms with Gasteiger partial charge in [-0.1, -0.05) is 146 Å². The molecule has 0 unspecified atom stereocenters. The lowest BCUT2D eigenvalue weighted by molar-refractivity contribution is 1.40. The highest BCUT2D eigenvalue weighted by Crippen LogP contribution is 2.33. The van der Waals surface area contributed by atoms with E-state index in [1.807, 2.05) is 97.2 Å². The van der Waals surface area contributed by atoms with Gasteiger partial charge in [-0.2, -0.15) is 5.26 Å². The molecule has 4 nitrogen and oxygen atoms in total. The predicted molar refractivity (Wildman–Crippen MR) is 208 cm³/mol. The maximum absolute atomic E-state index is 9.30. The van der Waals surface area contributed by atoms with E-state index in [0.717, 1.165) is 54.9 Å². The summed E-state index contributed by atoms with van der Waals surface area (Å²) in [6, 6.07) is 59.3. The first-order valence-electron chi connectivity index (χ1n) is 16.5. The minimum Gasteiger partial charge on any atom is -0.282 e. The Kier molecular flexibility index (Phi) is 8.06. The zero-order valence-electron chi connectivity index (χ0n) is 27.1. The van der Waals surface area contributed by atoms with Gasteiger partial charge in [0.1, 0.15) is 0 Å². The molecule has 234 valence electrons. The third-order valence-corrected chi connectivity index (χ3v) is 9.08. The molecule has 0 saturated heterocycles. The van der Waals surface area contributed by atoms with Crippen LogP contribution in [0.5, 0.6) is 0 Å². The molecule has 0 aliphatic rings. The van der Waals surface area contributed by atoms with Crippen molar-refractivity contribution in [2.24, 2.45) is 9.98 Å². The molecule has 0 radical (unpaired) electrons. The highest BCUT2D eigenvalue weighted by Gasteiger charge is 2.12. The van der Waals surface area contributed by atoms with Crippen LogP contribution in [0.2, 0.25) is 0 Å². The van der Waals surface area contributed by atoms with Crippen LogP contribution in [0.25, 0.3) is 54.6 Å². The molecule has 0 aliphatic heterocycles. The lowest BCUT2D eigenvalue weighted by Crippen LogP contribution is -2.05. The van der Waals surface area contributed by atoms with Crippen molar-refractivity contribution in [1.29, 1.82) is 10.7 Å². The molecule has 0 fully saturated rings. The summed E-state index contributed by atoms with van der Waals surface area (Å²) in [4.78, 5) is 9.94. The number of aliphatic imine (C=N–C) groups is 2. The van der Waals surface area contributed by atoms with E-state index < -0.39 is 0 Å². The quantitative estimate of drug-likeness (QED) is 0.0866. The zero-order valence-corrected chi connectivity index (χ0v) is 27.1. The molecule has 8 aromatic carbocycles. The Hall–Kier alpha value is -6.96. The molecule has 0 spiro atoms. The molecule has 0 aliphatic carbocycles. The van der Waals surface area contributed by atoms with E-state index >= 15 is 0 Å². The predicted octanol–water partition coefficient (Wildman–Crippen LogP) is 11.2. The van der Waals surface area contributed by atoms with Gasteiger partial charge in [0.25, 0.3) is 0 Å². The van der Waals surface area contributed by atoms with E-state index in [9.17, 15) is 5.26 Å². The summed E-state index contributed by atoms with van der Waals surface area (Å²) in [6.07, 6.45) is 1.90. The highest BCUT2D eigenvalue weighted by atomic mass is 14.9. The monoisotopic (exact) mass is 638 g/mol. The number of fused-ring (bicyclic) bond motifs is 4. The molecule has 0 heterocycles. The molecule has 0 aromatic heterocycles. The first kappa shape index (κ1) is 30.4. The van der Waals surface area contributed by atoms with Crippen LogP contribution < -0.4 is 0 Å². The Bertz CT molecular complexity index is 2640. The summed E-state index contributed by atoms with van der Waals surface area (Å²) in [5.74, 6) is 0.550. The van der Waals surface area contributed by atoms with Crippen LogP contribution >= 0.6 is 0 Å². The summed E-state index contributed by atoms with van der Waals surface area (Å²) in [7, 11) is 0. The van der Waals surface area contributed by atoms with Crippen molar-refractivity contribution in [2.45, 2.75) is 0 Å². The van der Waals surface area contributed by atoms with Gasteiger partial charge in [-0.05, 0) is 78.8 Å². The summed E-state index contributed by atoms with van der Waals surface area (Å²) < 4.78 is 0. The number of nitrogens with one attached hydrogen (secondary N) is 1. The van der Waals surface area contributed by atoms with Gasteiger partial charge in [0, 0.05) is 22.9 Å². The third kappa shape index (κ3) is 5.96. The number of nitrogens with zero attached hydrogens (tertiary/aromatic N) is 3. The van der Waals surface area contributed by atoms with E-state index in [1.165, 1.54) is 10.8 Å². The van der Waals surface area contributed by atoms with Gasteiger partial charge < -0.3 is 0 Å². The van der Waals surface area contributed by atoms with Crippen molar-refractivity contribution in [3.63, 3.8) is 0 Å². The summed E-state index contributed by atoms with van der Waals surface area (Å²) in [5.41, 5.74) is 7.23. The van der Waals surface area contributed by atoms with Crippen molar-refractivity contribution < 1.29 is 0 Å². The lowest BCUT2D eigenvalue weighted by Gasteiger charge is -2.11. The average Bonchev–Trinajstić information content (AvgIpc) is 3.19. The van der Waals surface area contributed by atoms with Gasteiger partial charge in [0.15, 0.2) is 11.7 Å². The number of hydrogen-bond acceptors (Lipinski definition) is 2. The molecule has 0 amide bonds. The fourth-order valence-corrected chi connectivity index (χ4v) is 6.48. The largest absolute Gasteiger partial charge is 0.282 e. The molecule has 4 heteroatoms. The molecule has 0 saturated carbocycles. The first-order valence-corrected chi connectivity index (χ1v) is 16.5. The second-order valence-electron chi connectivity index (χ2n) is 12.1. The maximum atomic E-state index is 9.30. The van der Waals surface area contributed by atoms with E-state index in [2.05, 4.69) is 84.9 Å². The van der Waals surface area contributed by atoms with Gasteiger partial charge in [-0.3, -0.25) is 5.41 Å². The Labute approximate surface area is 290 Å². The Morgan fingerprint density at radius 2 is 1.14 bits per heavy atom.